The van der Waals surface area contributed by atoms with Gasteiger partial charge < -0.3 is 5.32 Å². The molecule has 0 radical (unpaired) electrons. The van der Waals surface area contributed by atoms with Gasteiger partial charge in [-0.3, -0.25) is 18.9 Å². The number of nitrogens with zero attached hydrogens (tertiary/aromatic N) is 3. The largest absolute Gasteiger partial charge is 0.349 e. The zero-order valence-electron chi connectivity index (χ0n) is 20.0. The van der Waals surface area contributed by atoms with E-state index in [1.165, 1.54) is 0 Å². The molecule has 1 N–H and O–H groups in total. The average molecular weight is 489 g/mol. The number of hydrogen-bond donors (Lipinski definition) is 1. The fourth-order valence-corrected chi connectivity index (χ4v) is 5.25. The van der Waals surface area contributed by atoms with Gasteiger partial charge in [-0.1, -0.05) is 29.8 Å². The van der Waals surface area contributed by atoms with Crippen molar-refractivity contribution in [2.75, 3.05) is 0 Å². The lowest BCUT2D eigenvalue weighted by Gasteiger charge is -2.29. The highest BCUT2D eigenvalue weighted by Gasteiger charge is 2.25. The van der Waals surface area contributed by atoms with Gasteiger partial charge in [-0.25, -0.2) is 4.79 Å². The van der Waals surface area contributed by atoms with E-state index in [2.05, 4.69) is 10.3 Å². The number of aryl methyl sites for hydroxylation is 2. The van der Waals surface area contributed by atoms with Crippen molar-refractivity contribution in [3.63, 3.8) is 0 Å². The SMILES string of the molecule is Cc1ccc(-n2c(=O)n(C[C@H]3CC[C@H](NC(=O)c4cc(Cl)ccc4C)CC3)c3ccccc32)cn1. The van der Waals surface area contributed by atoms with E-state index in [-0.39, 0.29) is 17.6 Å². The van der Waals surface area contributed by atoms with Gasteiger partial charge in [-0.2, -0.15) is 0 Å². The Balaban J connectivity index is 1.30. The third-order valence-electron chi connectivity index (χ3n) is 7.06. The Morgan fingerprint density at radius 1 is 1.03 bits per heavy atom. The maximum absolute atomic E-state index is 13.5. The van der Waals surface area contributed by atoms with Crippen LogP contribution in [0.4, 0.5) is 0 Å². The Hall–Kier alpha value is -3.38. The van der Waals surface area contributed by atoms with Gasteiger partial charge in [0.15, 0.2) is 0 Å². The second kappa shape index (κ2) is 9.70. The minimum Gasteiger partial charge on any atom is -0.349 e. The summed E-state index contributed by atoms with van der Waals surface area (Å²) in [6, 6.07) is 17.3. The molecule has 1 amide bonds. The Morgan fingerprint density at radius 3 is 2.49 bits per heavy atom. The summed E-state index contributed by atoms with van der Waals surface area (Å²) in [7, 11) is 0. The van der Waals surface area contributed by atoms with Gasteiger partial charge >= 0.3 is 5.69 Å². The summed E-state index contributed by atoms with van der Waals surface area (Å²) in [6.45, 7) is 4.52. The Kier molecular flexibility index (Phi) is 6.48. The monoisotopic (exact) mass is 488 g/mol. The molecule has 1 fully saturated rings. The van der Waals surface area contributed by atoms with E-state index in [1.54, 1.807) is 22.9 Å². The van der Waals surface area contributed by atoms with E-state index >= 15 is 0 Å². The number of halogens is 1. The predicted octanol–water partition coefficient (Wildman–Crippen LogP) is 5.45. The summed E-state index contributed by atoms with van der Waals surface area (Å²) in [5.74, 6) is 0.309. The quantitative estimate of drug-likeness (QED) is 0.406. The lowest BCUT2D eigenvalue weighted by atomic mass is 9.85. The van der Waals surface area contributed by atoms with Crippen LogP contribution in [0, 0.1) is 19.8 Å². The number of carbonyl (C=O) groups is 1. The molecule has 1 aliphatic rings. The zero-order valence-corrected chi connectivity index (χ0v) is 20.8. The highest BCUT2D eigenvalue weighted by molar-refractivity contribution is 6.31. The van der Waals surface area contributed by atoms with Crippen molar-refractivity contribution in [1.82, 2.24) is 19.4 Å². The molecule has 0 spiro atoms. The molecular weight excluding hydrogens is 460 g/mol. The van der Waals surface area contributed by atoms with Crippen molar-refractivity contribution in [3.05, 3.63) is 93.1 Å². The predicted molar refractivity (Wildman–Crippen MR) is 139 cm³/mol. The number of rotatable bonds is 5. The second-order valence-electron chi connectivity index (χ2n) is 9.53. The van der Waals surface area contributed by atoms with Gasteiger partial charge in [0.25, 0.3) is 5.91 Å². The summed E-state index contributed by atoms with van der Waals surface area (Å²) in [5, 5.41) is 3.75. The van der Waals surface area contributed by atoms with E-state index in [9.17, 15) is 9.59 Å². The van der Waals surface area contributed by atoms with Crippen molar-refractivity contribution in [1.29, 1.82) is 0 Å². The fourth-order valence-electron chi connectivity index (χ4n) is 5.08. The Morgan fingerprint density at radius 2 is 1.77 bits per heavy atom. The third kappa shape index (κ3) is 4.76. The zero-order chi connectivity index (χ0) is 24.5. The fraction of sp³-hybridized carbons (Fsp3) is 0.321. The van der Waals surface area contributed by atoms with E-state index in [0.29, 0.717) is 23.0 Å². The van der Waals surface area contributed by atoms with Crippen LogP contribution in [0.2, 0.25) is 5.02 Å². The van der Waals surface area contributed by atoms with Gasteiger partial charge in [0, 0.05) is 28.9 Å². The van der Waals surface area contributed by atoms with Crippen molar-refractivity contribution >= 4 is 28.5 Å². The van der Waals surface area contributed by atoms with Gasteiger partial charge in [-0.05, 0) is 87.4 Å². The molecular formula is C28H29ClN4O2. The lowest BCUT2D eigenvalue weighted by molar-refractivity contribution is 0.0920. The van der Waals surface area contributed by atoms with Crippen molar-refractivity contribution < 1.29 is 4.79 Å². The standard InChI is InChI=1S/C28H29ClN4O2/c1-18-7-11-21(29)15-24(18)27(34)31-22-12-9-20(10-13-22)17-32-25-5-3-4-6-26(25)33(28(32)35)23-14-8-19(2)30-16-23/h3-8,11,14-16,20,22H,9-10,12-13,17H2,1-2H3,(H,31,34)/t20-,22-. The van der Waals surface area contributed by atoms with E-state index in [4.69, 9.17) is 11.6 Å². The minimum atomic E-state index is -0.0700. The van der Waals surface area contributed by atoms with E-state index in [1.807, 2.05) is 60.9 Å². The maximum Gasteiger partial charge on any atom is 0.333 e. The molecule has 0 saturated heterocycles. The molecule has 1 saturated carbocycles. The molecule has 0 atom stereocenters. The first-order chi connectivity index (χ1) is 16.9. The topological polar surface area (TPSA) is 68.9 Å². The van der Waals surface area contributed by atoms with Gasteiger partial charge in [0.2, 0.25) is 0 Å². The van der Waals surface area contributed by atoms with Gasteiger partial charge in [-0.15, -0.1) is 0 Å². The van der Waals surface area contributed by atoms with Gasteiger partial charge in [0.1, 0.15) is 0 Å². The van der Waals surface area contributed by atoms with E-state index in [0.717, 1.165) is 53.7 Å². The van der Waals surface area contributed by atoms with E-state index < -0.39 is 0 Å². The molecule has 5 rings (SSSR count). The summed E-state index contributed by atoms with van der Waals surface area (Å²) in [4.78, 5) is 30.7. The molecule has 1 aliphatic carbocycles. The second-order valence-corrected chi connectivity index (χ2v) is 9.96. The molecule has 2 heterocycles. The summed E-state index contributed by atoms with van der Waals surface area (Å²) in [6.07, 6.45) is 5.45. The molecule has 2 aromatic heterocycles. The van der Waals surface area contributed by atoms with Crippen LogP contribution < -0.4 is 11.0 Å². The number of nitrogens with one attached hydrogen (secondary N) is 1. The first kappa shape index (κ1) is 23.4. The third-order valence-corrected chi connectivity index (χ3v) is 7.29. The normalized spacial score (nSPS) is 18.0. The van der Waals surface area contributed by atoms with Crippen LogP contribution in [0.5, 0.6) is 0 Å². The molecule has 180 valence electrons. The molecule has 6 nitrogen and oxygen atoms in total. The number of hydrogen-bond acceptors (Lipinski definition) is 3. The van der Waals surface area contributed by atoms with Crippen LogP contribution in [0.25, 0.3) is 16.7 Å². The molecule has 0 aliphatic heterocycles. The minimum absolute atomic E-state index is 0.0382. The first-order valence-electron chi connectivity index (χ1n) is 12.1. The van der Waals surface area contributed by atoms with Crippen LogP contribution in [0.3, 0.4) is 0 Å². The summed E-state index contributed by atoms with van der Waals surface area (Å²) >= 11 is 6.09. The smallest absolute Gasteiger partial charge is 0.333 e. The molecule has 2 aromatic carbocycles. The van der Waals surface area contributed by atoms with Crippen LogP contribution in [0.15, 0.2) is 65.6 Å². The molecule has 7 heteroatoms. The van der Waals surface area contributed by atoms with Crippen LogP contribution in [0.1, 0.15) is 47.3 Å². The Bertz CT molecular complexity index is 1430. The van der Waals surface area contributed by atoms with Gasteiger partial charge in [0.05, 0.1) is 22.9 Å². The molecule has 0 unspecified atom stereocenters. The van der Waals surface area contributed by atoms with Crippen molar-refractivity contribution in [2.24, 2.45) is 5.92 Å². The maximum atomic E-state index is 13.5. The number of carbonyl (C=O) groups excluding carboxylic acids is 1. The average Bonchev–Trinajstić information content (AvgIpc) is 3.13. The Labute approximate surface area is 209 Å². The van der Waals surface area contributed by atoms with Crippen LogP contribution in [-0.4, -0.2) is 26.1 Å². The highest BCUT2D eigenvalue weighted by atomic mass is 35.5. The number of imidazole rings is 1. The molecule has 4 aromatic rings. The first-order valence-corrected chi connectivity index (χ1v) is 12.5. The number of benzene rings is 2. The molecule has 35 heavy (non-hydrogen) atoms. The van der Waals surface area contributed by atoms with Crippen molar-refractivity contribution in [2.45, 2.75) is 52.1 Å². The number of amides is 1. The number of pyridine rings is 1. The number of para-hydroxylation sites is 2. The number of fused-ring (bicyclic) bond motifs is 1. The van der Waals surface area contributed by atoms with Crippen LogP contribution >= 0.6 is 11.6 Å². The van der Waals surface area contributed by atoms with Crippen LogP contribution in [-0.2, 0) is 6.54 Å². The molecule has 0 bridgehead atoms. The lowest BCUT2D eigenvalue weighted by Crippen LogP contribution is -2.39. The highest BCUT2D eigenvalue weighted by Crippen LogP contribution is 2.28. The summed E-state index contributed by atoms with van der Waals surface area (Å²) < 4.78 is 3.65. The van der Waals surface area contributed by atoms with Crippen molar-refractivity contribution in [3.8, 4) is 5.69 Å². The number of aromatic nitrogens is 3. The summed E-state index contributed by atoms with van der Waals surface area (Å²) in [5.41, 5.74) is 5.03.